The number of nitrogens with one attached hydrogen (secondary N) is 1. The quantitative estimate of drug-likeness (QED) is 0.901. The molecule has 0 saturated carbocycles. The maximum atomic E-state index is 11.5. The SMILES string of the molecule is Cc1ccc(Oc2cc(=O)[nH]c(C(C)C)n2)cn1. The Bertz CT molecular complexity index is 588. The second-order valence-electron chi connectivity index (χ2n) is 4.36. The highest BCUT2D eigenvalue weighted by Gasteiger charge is 2.06. The first-order chi connectivity index (χ1) is 8.54. The average molecular weight is 245 g/mol. The molecule has 0 amide bonds. The number of ether oxygens (including phenoxy) is 1. The van der Waals surface area contributed by atoms with E-state index in [9.17, 15) is 4.79 Å². The largest absolute Gasteiger partial charge is 0.437 e. The van der Waals surface area contributed by atoms with Crippen LogP contribution in [-0.2, 0) is 0 Å². The number of aryl methyl sites for hydroxylation is 1. The van der Waals surface area contributed by atoms with Gasteiger partial charge in [0.25, 0.3) is 5.56 Å². The molecule has 94 valence electrons. The predicted octanol–water partition coefficient (Wildman–Crippen LogP) is 2.39. The zero-order chi connectivity index (χ0) is 13.1. The molecule has 5 nitrogen and oxygen atoms in total. The standard InChI is InChI=1S/C13H15N3O2/c1-8(2)13-15-11(17)6-12(16-13)18-10-5-4-9(3)14-7-10/h4-8H,1-3H3,(H,15,16,17). The third-order valence-electron chi connectivity index (χ3n) is 2.39. The molecule has 0 aromatic carbocycles. The molecular formula is C13H15N3O2. The van der Waals surface area contributed by atoms with Crippen LogP contribution in [0.25, 0.3) is 0 Å². The third kappa shape index (κ3) is 2.94. The van der Waals surface area contributed by atoms with Gasteiger partial charge in [-0.1, -0.05) is 13.8 Å². The second-order valence-corrected chi connectivity index (χ2v) is 4.36. The monoisotopic (exact) mass is 245 g/mol. The summed E-state index contributed by atoms with van der Waals surface area (Å²) in [7, 11) is 0. The van der Waals surface area contributed by atoms with Gasteiger partial charge in [-0.25, -0.2) is 0 Å². The zero-order valence-corrected chi connectivity index (χ0v) is 10.6. The summed E-state index contributed by atoms with van der Waals surface area (Å²) in [6, 6.07) is 4.96. The fourth-order valence-corrected chi connectivity index (χ4v) is 1.41. The van der Waals surface area contributed by atoms with Gasteiger partial charge in [0.1, 0.15) is 11.6 Å². The molecule has 0 bridgehead atoms. The topological polar surface area (TPSA) is 67.9 Å². The van der Waals surface area contributed by atoms with Gasteiger partial charge in [0.05, 0.1) is 12.3 Å². The van der Waals surface area contributed by atoms with Crippen molar-refractivity contribution in [2.75, 3.05) is 0 Å². The Morgan fingerprint density at radius 2 is 2.11 bits per heavy atom. The summed E-state index contributed by atoms with van der Waals surface area (Å²) >= 11 is 0. The molecule has 0 atom stereocenters. The van der Waals surface area contributed by atoms with E-state index in [0.717, 1.165) is 5.69 Å². The molecule has 0 fully saturated rings. The first kappa shape index (κ1) is 12.3. The first-order valence-corrected chi connectivity index (χ1v) is 5.76. The van der Waals surface area contributed by atoms with E-state index in [4.69, 9.17) is 4.74 Å². The minimum atomic E-state index is -0.219. The lowest BCUT2D eigenvalue weighted by atomic mass is 10.2. The lowest BCUT2D eigenvalue weighted by Crippen LogP contribution is -2.11. The highest BCUT2D eigenvalue weighted by atomic mass is 16.5. The Morgan fingerprint density at radius 1 is 1.33 bits per heavy atom. The number of rotatable bonds is 3. The van der Waals surface area contributed by atoms with E-state index in [1.54, 1.807) is 12.3 Å². The molecule has 2 aromatic heterocycles. The Hall–Kier alpha value is -2.17. The maximum Gasteiger partial charge on any atom is 0.254 e. The third-order valence-corrected chi connectivity index (χ3v) is 2.39. The van der Waals surface area contributed by atoms with Crippen molar-refractivity contribution in [2.45, 2.75) is 26.7 Å². The number of nitrogens with zero attached hydrogens (tertiary/aromatic N) is 2. The van der Waals surface area contributed by atoms with Crippen LogP contribution in [0, 0.1) is 6.92 Å². The summed E-state index contributed by atoms with van der Waals surface area (Å²) in [6.07, 6.45) is 1.60. The van der Waals surface area contributed by atoms with Crippen molar-refractivity contribution >= 4 is 0 Å². The molecule has 0 saturated heterocycles. The minimum absolute atomic E-state index is 0.136. The minimum Gasteiger partial charge on any atom is -0.437 e. The van der Waals surface area contributed by atoms with Gasteiger partial charge in [-0.15, -0.1) is 0 Å². The van der Waals surface area contributed by atoms with Crippen LogP contribution in [0.2, 0.25) is 0 Å². The Kier molecular flexibility index (Phi) is 3.41. The van der Waals surface area contributed by atoms with E-state index in [2.05, 4.69) is 15.0 Å². The second kappa shape index (κ2) is 5.00. The Balaban J connectivity index is 2.28. The van der Waals surface area contributed by atoms with E-state index in [-0.39, 0.29) is 17.4 Å². The summed E-state index contributed by atoms with van der Waals surface area (Å²) in [5.74, 6) is 1.59. The highest BCUT2D eigenvalue weighted by molar-refractivity contribution is 5.24. The molecule has 2 aromatic rings. The predicted molar refractivity (Wildman–Crippen MR) is 68.0 cm³/mol. The molecule has 0 radical (unpaired) electrons. The van der Waals surface area contributed by atoms with Crippen LogP contribution in [-0.4, -0.2) is 15.0 Å². The van der Waals surface area contributed by atoms with E-state index < -0.39 is 0 Å². The van der Waals surface area contributed by atoms with E-state index in [0.29, 0.717) is 11.6 Å². The van der Waals surface area contributed by atoms with Crippen molar-refractivity contribution in [1.82, 2.24) is 15.0 Å². The van der Waals surface area contributed by atoms with Crippen LogP contribution < -0.4 is 10.3 Å². The van der Waals surface area contributed by atoms with Crippen LogP contribution in [0.3, 0.4) is 0 Å². The molecule has 0 aliphatic carbocycles. The molecule has 0 unspecified atom stereocenters. The maximum absolute atomic E-state index is 11.5. The molecule has 2 rings (SSSR count). The number of pyridine rings is 1. The van der Waals surface area contributed by atoms with Crippen molar-refractivity contribution in [1.29, 1.82) is 0 Å². The van der Waals surface area contributed by atoms with Crippen LogP contribution >= 0.6 is 0 Å². The number of hydrogen-bond donors (Lipinski definition) is 1. The average Bonchev–Trinajstić information content (AvgIpc) is 2.31. The number of aromatic amines is 1. The lowest BCUT2D eigenvalue weighted by molar-refractivity contribution is 0.453. The number of H-pyrrole nitrogens is 1. The van der Waals surface area contributed by atoms with Crippen LogP contribution in [0.15, 0.2) is 29.2 Å². The normalized spacial score (nSPS) is 10.7. The highest BCUT2D eigenvalue weighted by Crippen LogP contribution is 2.18. The van der Waals surface area contributed by atoms with E-state index in [1.807, 2.05) is 26.8 Å². The van der Waals surface area contributed by atoms with Crippen molar-refractivity contribution in [3.8, 4) is 11.6 Å². The van der Waals surface area contributed by atoms with Gasteiger partial charge in [-0.05, 0) is 19.1 Å². The van der Waals surface area contributed by atoms with Crippen LogP contribution in [0.1, 0.15) is 31.3 Å². The molecule has 2 heterocycles. The molecule has 0 spiro atoms. The summed E-state index contributed by atoms with van der Waals surface area (Å²) in [5, 5.41) is 0. The summed E-state index contributed by atoms with van der Waals surface area (Å²) < 4.78 is 5.51. The van der Waals surface area contributed by atoms with Crippen molar-refractivity contribution in [3.63, 3.8) is 0 Å². The summed E-state index contributed by atoms with van der Waals surface area (Å²) in [5.41, 5.74) is 0.688. The van der Waals surface area contributed by atoms with Gasteiger partial charge >= 0.3 is 0 Å². The fraction of sp³-hybridized carbons (Fsp3) is 0.308. The van der Waals surface area contributed by atoms with Crippen molar-refractivity contribution in [3.05, 3.63) is 46.3 Å². The van der Waals surface area contributed by atoms with Crippen LogP contribution in [0.4, 0.5) is 0 Å². The molecule has 0 aliphatic rings. The van der Waals surface area contributed by atoms with Gasteiger partial charge in [-0.2, -0.15) is 4.98 Å². The van der Waals surface area contributed by atoms with E-state index >= 15 is 0 Å². The van der Waals surface area contributed by atoms with Gasteiger partial charge in [0.15, 0.2) is 0 Å². The van der Waals surface area contributed by atoms with Crippen LogP contribution in [0.5, 0.6) is 11.6 Å². The molecule has 0 aliphatic heterocycles. The number of aromatic nitrogens is 3. The molecule has 5 heteroatoms. The van der Waals surface area contributed by atoms with Crippen molar-refractivity contribution in [2.24, 2.45) is 0 Å². The summed E-state index contributed by atoms with van der Waals surface area (Å²) in [4.78, 5) is 22.5. The van der Waals surface area contributed by atoms with Gasteiger partial charge in [0.2, 0.25) is 5.88 Å². The van der Waals surface area contributed by atoms with Gasteiger partial charge < -0.3 is 9.72 Å². The smallest absolute Gasteiger partial charge is 0.254 e. The van der Waals surface area contributed by atoms with Crippen molar-refractivity contribution < 1.29 is 4.74 Å². The van der Waals surface area contributed by atoms with Gasteiger partial charge in [0, 0.05) is 11.6 Å². The Labute approximate surface area is 105 Å². The van der Waals surface area contributed by atoms with Gasteiger partial charge in [-0.3, -0.25) is 9.78 Å². The molecule has 1 N–H and O–H groups in total. The molecule has 18 heavy (non-hydrogen) atoms. The molecular weight excluding hydrogens is 230 g/mol. The first-order valence-electron chi connectivity index (χ1n) is 5.76. The Morgan fingerprint density at radius 3 is 2.72 bits per heavy atom. The van der Waals surface area contributed by atoms with E-state index in [1.165, 1.54) is 6.07 Å². The zero-order valence-electron chi connectivity index (χ0n) is 10.6. The number of hydrogen-bond acceptors (Lipinski definition) is 4. The lowest BCUT2D eigenvalue weighted by Gasteiger charge is -2.07. The summed E-state index contributed by atoms with van der Waals surface area (Å²) in [6.45, 7) is 5.80. The fourth-order valence-electron chi connectivity index (χ4n) is 1.41.